The van der Waals surface area contributed by atoms with Gasteiger partial charge in [0.15, 0.2) is 11.5 Å². The van der Waals surface area contributed by atoms with Gasteiger partial charge in [0.25, 0.3) is 0 Å². The number of phenols is 1. The fourth-order valence-electron chi connectivity index (χ4n) is 5.54. The second-order valence-corrected chi connectivity index (χ2v) is 10.1. The largest absolute Gasteiger partial charge is 0.504 e. The number of aliphatic hydroxyl groups is 2. The van der Waals surface area contributed by atoms with Gasteiger partial charge in [0.2, 0.25) is 0 Å². The van der Waals surface area contributed by atoms with Crippen LogP contribution in [0.5, 0.6) is 11.5 Å². The molecular weight excluding hydrogens is 420 g/mol. The first-order chi connectivity index (χ1) is 15.9. The molecule has 0 amide bonds. The Morgan fingerprint density at radius 3 is 2.58 bits per heavy atom. The number of hydrogen-bond donors (Lipinski definition) is 3. The maximum Gasteiger partial charge on any atom is 0.303 e. The average molecular weight is 463 g/mol. The SMILES string of the molecule is CC(=O)OC1(CCc2ccc(O)c(OC3CCCC3)c2)CCC(CCCCCCO)C(O)C1. The summed E-state index contributed by atoms with van der Waals surface area (Å²) < 4.78 is 11.9. The molecule has 0 aromatic heterocycles. The molecule has 3 rings (SSSR count). The Morgan fingerprint density at radius 1 is 1.12 bits per heavy atom. The second-order valence-electron chi connectivity index (χ2n) is 10.1. The Kier molecular flexibility index (Phi) is 9.87. The maximum atomic E-state index is 11.9. The second kappa shape index (κ2) is 12.6. The molecule has 0 heterocycles. The number of ether oxygens (including phenoxy) is 2. The van der Waals surface area contributed by atoms with Crippen molar-refractivity contribution >= 4 is 5.97 Å². The van der Waals surface area contributed by atoms with E-state index in [9.17, 15) is 15.0 Å². The number of hydrogen-bond acceptors (Lipinski definition) is 6. The lowest BCUT2D eigenvalue weighted by atomic mass is 9.72. The topological polar surface area (TPSA) is 96.2 Å². The molecule has 0 bridgehead atoms. The predicted molar refractivity (Wildman–Crippen MR) is 127 cm³/mol. The zero-order chi connectivity index (χ0) is 23.7. The number of phenolic OH excluding ortho intramolecular Hbond substituents is 1. The Labute approximate surface area is 198 Å². The molecule has 6 heteroatoms. The number of aryl methyl sites for hydroxylation is 1. The summed E-state index contributed by atoms with van der Waals surface area (Å²) in [4.78, 5) is 11.9. The number of carbonyl (C=O) groups excluding carboxylic acids is 1. The number of esters is 1. The first kappa shape index (κ1) is 25.8. The summed E-state index contributed by atoms with van der Waals surface area (Å²) in [5.41, 5.74) is 0.385. The standard InChI is InChI=1S/C27H42O6/c1-20(29)33-27(16-14-22(25(31)19-27)8-4-2-3-7-17-28)15-13-21-11-12-24(30)26(18-21)32-23-9-5-6-10-23/h11-12,18,22-23,25,28,30-31H,2-10,13-17,19H2,1H3. The van der Waals surface area contributed by atoms with Crippen LogP contribution >= 0.6 is 0 Å². The van der Waals surface area contributed by atoms with Crippen LogP contribution in [0.25, 0.3) is 0 Å². The molecule has 0 aliphatic heterocycles. The van der Waals surface area contributed by atoms with Crippen molar-refractivity contribution in [3.05, 3.63) is 23.8 Å². The highest BCUT2D eigenvalue weighted by molar-refractivity contribution is 5.66. The van der Waals surface area contributed by atoms with Crippen molar-refractivity contribution in [1.82, 2.24) is 0 Å². The molecule has 1 aromatic carbocycles. The van der Waals surface area contributed by atoms with Gasteiger partial charge in [-0.2, -0.15) is 0 Å². The minimum atomic E-state index is -0.650. The molecule has 186 valence electrons. The van der Waals surface area contributed by atoms with Crippen molar-refractivity contribution in [2.24, 2.45) is 5.92 Å². The minimum Gasteiger partial charge on any atom is -0.504 e. The monoisotopic (exact) mass is 462 g/mol. The van der Waals surface area contributed by atoms with Crippen molar-refractivity contribution in [1.29, 1.82) is 0 Å². The summed E-state index contributed by atoms with van der Waals surface area (Å²) in [5.74, 6) is 0.629. The molecule has 6 nitrogen and oxygen atoms in total. The van der Waals surface area contributed by atoms with E-state index in [4.69, 9.17) is 14.6 Å². The summed E-state index contributed by atoms with van der Waals surface area (Å²) >= 11 is 0. The molecule has 3 unspecified atom stereocenters. The number of aliphatic hydroxyl groups excluding tert-OH is 2. The van der Waals surface area contributed by atoms with Crippen LogP contribution in [0.3, 0.4) is 0 Å². The van der Waals surface area contributed by atoms with E-state index in [0.29, 0.717) is 25.0 Å². The van der Waals surface area contributed by atoms with E-state index in [0.717, 1.165) is 63.4 Å². The van der Waals surface area contributed by atoms with Gasteiger partial charge in [0.1, 0.15) is 5.60 Å². The number of benzene rings is 1. The molecule has 0 radical (unpaired) electrons. The average Bonchev–Trinajstić information content (AvgIpc) is 3.28. The Morgan fingerprint density at radius 2 is 1.88 bits per heavy atom. The van der Waals surface area contributed by atoms with E-state index in [1.807, 2.05) is 12.1 Å². The molecule has 2 aliphatic rings. The zero-order valence-corrected chi connectivity index (χ0v) is 20.1. The molecule has 3 atom stereocenters. The third-order valence-corrected chi connectivity index (χ3v) is 7.43. The van der Waals surface area contributed by atoms with Crippen LogP contribution in [0.15, 0.2) is 18.2 Å². The van der Waals surface area contributed by atoms with Gasteiger partial charge in [-0.15, -0.1) is 0 Å². The van der Waals surface area contributed by atoms with Crippen LogP contribution < -0.4 is 4.74 Å². The number of unbranched alkanes of at least 4 members (excludes halogenated alkanes) is 3. The highest BCUT2D eigenvalue weighted by atomic mass is 16.6. The number of aromatic hydroxyl groups is 1. The normalized spacial score (nSPS) is 25.8. The van der Waals surface area contributed by atoms with E-state index in [-0.39, 0.29) is 30.3 Å². The van der Waals surface area contributed by atoms with Crippen molar-refractivity contribution in [3.63, 3.8) is 0 Å². The van der Waals surface area contributed by atoms with Gasteiger partial charge in [-0.1, -0.05) is 25.3 Å². The van der Waals surface area contributed by atoms with Crippen molar-refractivity contribution in [3.8, 4) is 11.5 Å². The molecule has 33 heavy (non-hydrogen) atoms. The zero-order valence-electron chi connectivity index (χ0n) is 20.1. The number of rotatable bonds is 12. The van der Waals surface area contributed by atoms with Gasteiger partial charge in [-0.25, -0.2) is 0 Å². The van der Waals surface area contributed by atoms with Gasteiger partial charge >= 0.3 is 5.97 Å². The van der Waals surface area contributed by atoms with Crippen molar-refractivity contribution in [2.45, 2.75) is 115 Å². The first-order valence-electron chi connectivity index (χ1n) is 12.9. The van der Waals surface area contributed by atoms with Gasteiger partial charge < -0.3 is 24.8 Å². The fraction of sp³-hybridized carbons (Fsp3) is 0.741. The van der Waals surface area contributed by atoms with Crippen molar-refractivity contribution < 1.29 is 29.6 Å². The lowest BCUT2D eigenvalue weighted by Crippen LogP contribution is -2.45. The minimum absolute atomic E-state index is 0.162. The molecular formula is C27H42O6. The van der Waals surface area contributed by atoms with Gasteiger partial charge in [0.05, 0.1) is 12.2 Å². The van der Waals surface area contributed by atoms with Crippen LogP contribution in [0.2, 0.25) is 0 Å². The molecule has 0 saturated heterocycles. The van der Waals surface area contributed by atoms with Crippen LogP contribution in [-0.4, -0.2) is 45.7 Å². The third-order valence-electron chi connectivity index (χ3n) is 7.43. The van der Waals surface area contributed by atoms with Gasteiger partial charge in [-0.3, -0.25) is 4.79 Å². The summed E-state index contributed by atoms with van der Waals surface area (Å²) in [6, 6.07) is 5.48. The third kappa shape index (κ3) is 7.89. The summed E-state index contributed by atoms with van der Waals surface area (Å²) in [7, 11) is 0. The molecule has 1 aromatic rings. The van der Waals surface area contributed by atoms with E-state index >= 15 is 0 Å². The molecule has 2 fully saturated rings. The molecule has 2 aliphatic carbocycles. The lowest BCUT2D eigenvalue weighted by molar-refractivity contribution is -0.168. The fourth-order valence-corrected chi connectivity index (χ4v) is 5.54. The van der Waals surface area contributed by atoms with Crippen LogP contribution in [0.1, 0.15) is 96.0 Å². The quantitative estimate of drug-likeness (QED) is 0.297. The highest BCUT2D eigenvalue weighted by Crippen LogP contribution is 2.41. The summed E-state index contributed by atoms with van der Waals surface area (Å²) in [6.07, 6.45) is 12.5. The Hall–Kier alpha value is -1.79. The highest BCUT2D eigenvalue weighted by Gasteiger charge is 2.42. The lowest BCUT2D eigenvalue weighted by Gasteiger charge is -2.42. The van der Waals surface area contributed by atoms with Crippen LogP contribution in [0.4, 0.5) is 0 Å². The molecule has 2 saturated carbocycles. The predicted octanol–water partition coefficient (Wildman–Crippen LogP) is 5.05. The van der Waals surface area contributed by atoms with E-state index in [1.165, 1.54) is 19.8 Å². The van der Waals surface area contributed by atoms with E-state index < -0.39 is 11.7 Å². The van der Waals surface area contributed by atoms with Crippen LogP contribution in [-0.2, 0) is 16.0 Å². The van der Waals surface area contributed by atoms with Crippen molar-refractivity contribution in [2.75, 3.05) is 6.61 Å². The van der Waals surface area contributed by atoms with Gasteiger partial charge in [0, 0.05) is 20.0 Å². The first-order valence-corrected chi connectivity index (χ1v) is 12.9. The molecule has 3 N–H and O–H groups in total. The van der Waals surface area contributed by atoms with Gasteiger partial charge in [-0.05, 0) is 87.8 Å². The van der Waals surface area contributed by atoms with Crippen LogP contribution in [0, 0.1) is 5.92 Å². The van der Waals surface area contributed by atoms with E-state index in [2.05, 4.69) is 0 Å². The summed E-state index contributed by atoms with van der Waals surface area (Å²) in [5, 5.41) is 30.0. The van der Waals surface area contributed by atoms with E-state index in [1.54, 1.807) is 6.07 Å². The Balaban J connectivity index is 1.58. The Bertz CT molecular complexity index is 744. The number of carbonyl (C=O) groups is 1. The smallest absolute Gasteiger partial charge is 0.303 e. The summed E-state index contributed by atoms with van der Waals surface area (Å²) in [6.45, 7) is 1.68. The maximum absolute atomic E-state index is 11.9. The molecule has 0 spiro atoms.